The van der Waals surface area contributed by atoms with Crippen LogP contribution in [0.15, 0.2) is 30.6 Å². The Kier molecular flexibility index (Phi) is 5.05. The largest absolute Gasteiger partial charge is 0.352 e. The number of nitrogens with zero attached hydrogens (tertiary/aromatic N) is 4. The molecule has 0 spiro atoms. The fourth-order valence-electron chi connectivity index (χ4n) is 2.01. The van der Waals surface area contributed by atoms with E-state index in [9.17, 15) is 0 Å². The third-order valence-corrected chi connectivity index (χ3v) is 3.22. The molecular formula is C15H22N6. The first kappa shape index (κ1) is 15.2. The fourth-order valence-corrected chi connectivity index (χ4v) is 2.01. The standard InChI is InChI=1S/C15H22N6/c1-4-21(10-12-5-7-17-8-6-12)14-9-13(20-16)18-15(19-14)11(2)3/h5-9,11H,4,10,16H2,1-3H3,(H,18,19,20). The SMILES string of the molecule is CCN(Cc1ccncc1)c1cc(NN)nc(C(C)C)n1. The van der Waals surface area contributed by atoms with Crippen molar-refractivity contribution in [3.8, 4) is 0 Å². The molecule has 0 atom stereocenters. The van der Waals surface area contributed by atoms with Gasteiger partial charge < -0.3 is 10.3 Å². The summed E-state index contributed by atoms with van der Waals surface area (Å²) in [5.41, 5.74) is 3.81. The smallest absolute Gasteiger partial charge is 0.145 e. The summed E-state index contributed by atoms with van der Waals surface area (Å²) in [6.45, 7) is 7.86. The van der Waals surface area contributed by atoms with E-state index in [0.717, 1.165) is 24.7 Å². The van der Waals surface area contributed by atoms with Crippen LogP contribution in [0.4, 0.5) is 11.6 Å². The topological polar surface area (TPSA) is 80.0 Å². The quantitative estimate of drug-likeness (QED) is 0.626. The van der Waals surface area contributed by atoms with E-state index in [1.165, 1.54) is 5.56 Å². The molecule has 2 aromatic rings. The summed E-state index contributed by atoms with van der Waals surface area (Å²) in [5, 5.41) is 0. The Morgan fingerprint density at radius 2 is 1.95 bits per heavy atom. The zero-order valence-electron chi connectivity index (χ0n) is 12.7. The molecule has 0 aliphatic carbocycles. The molecule has 6 nitrogen and oxygen atoms in total. The molecule has 0 amide bonds. The second kappa shape index (κ2) is 6.99. The summed E-state index contributed by atoms with van der Waals surface area (Å²) in [4.78, 5) is 15.3. The average molecular weight is 286 g/mol. The van der Waals surface area contributed by atoms with Crippen LogP contribution in [-0.4, -0.2) is 21.5 Å². The van der Waals surface area contributed by atoms with Gasteiger partial charge in [0.25, 0.3) is 0 Å². The van der Waals surface area contributed by atoms with Crippen molar-refractivity contribution in [3.05, 3.63) is 42.0 Å². The number of hydrazine groups is 1. The van der Waals surface area contributed by atoms with Crippen LogP contribution in [0.5, 0.6) is 0 Å². The molecule has 6 heteroatoms. The molecule has 0 aliphatic rings. The molecule has 0 saturated heterocycles. The maximum absolute atomic E-state index is 5.51. The van der Waals surface area contributed by atoms with Crippen LogP contribution in [0.1, 0.15) is 38.1 Å². The number of nitrogens with one attached hydrogen (secondary N) is 1. The number of nitrogen functional groups attached to an aromatic ring is 1. The summed E-state index contributed by atoms with van der Waals surface area (Å²) in [6.07, 6.45) is 3.60. The number of rotatable bonds is 6. The van der Waals surface area contributed by atoms with Crippen LogP contribution in [0.3, 0.4) is 0 Å². The Morgan fingerprint density at radius 1 is 1.24 bits per heavy atom. The minimum atomic E-state index is 0.247. The average Bonchev–Trinajstić information content (AvgIpc) is 2.53. The molecule has 2 rings (SSSR count). The van der Waals surface area contributed by atoms with Crippen LogP contribution in [0.25, 0.3) is 0 Å². The van der Waals surface area contributed by atoms with Crippen molar-refractivity contribution >= 4 is 11.6 Å². The highest BCUT2D eigenvalue weighted by atomic mass is 15.3. The van der Waals surface area contributed by atoms with Crippen LogP contribution in [-0.2, 0) is 6.54 Å². The Hall–Kier alpha value is -2.21. The van der Waals surface area contributed by atoms with Crippen molar-refractivity contribution in [2.75, 3.05) is 16.9 Å². The summed E-state index contributed by atoms with van der Waals surface area (Å²) >= 11 is 0. The molecule has 0 saturated carbocycles. The maximum atomic E-state index is 5.51. The van der Waals surface area contributed by atoms with Crippen molar-refractivity contribution in [3.63, 3.8) is 0 Å². The molecule has 0 unspecified atom stereocenters. The lowest BCUT2D eigenvalue weighted by atomic mass is 10.2. The van der Waals surface area contributed by atoms with Gasteiger partial charge in [0.1, 0.15) is 17.5 Å². The molecule has 0 fully saturated rings. The number of pyridine rings is 1. The van der Waals surface area contributed by atoms with E-state index in [4.69, 9.17) is 5.84 Å². The van der Waals surface area contributed by atoms with E-state index < -0.39 is 0 Å². The van der Waals surface area contributed by atoms with Gasteiger partial charge in [0.05, 0.1) is 0 Å². The molecule has 2 aromatic heterocycles. The van der Waals surface area contributed by atoms with Crippen molar-refractivity contribution in [1.82, 2.24) is 15.0 Å². The fraction of sp³-hybridized carbons (Fsp3) is 0.400. The zero-order chi connectivity index (χ0) is 15.2. The van der Waals surface area contributed by atoms with Gasteiger partial charge in [-0.3, -0.25) is 4.98 Å². The molecule has 0 radical (unpaired) electrons. The second-order valence-electron chi connectivity index (χ2n) is 5.14. The second-order valence-corrected chi connectivity index (χ2v) is 5.14. The molecule has 112 valence electrons. The molecule has 0 aliphatic heterocycles. The molecule has 0 aromatic carbocycles. The molecular weight excluding hydrogens is 264 g/mol. The predicted octanol–water partition coefficient (Wildman–Crippen LogP) is 2.31. The molecule has 21 heavy (non-hydrogen) atoms. The van der Waals surface area contributed by atoms with Crippen molar-refractivity contribution in [2.24, 2.45) is 5.84 Å². The van der Waals surface area contributed by atoms with E-state index in [1.807, 2.05) is 18.2 Å². The van der Waals surface area contributed by atoms with E-state index in [-0.39, 0.29) is 5.92 Å². The summed E-state index contributed by atoms with van der Waals surface area (Å²) in [7, 11) is 0. The van der Waals surface area contributed by atoms with Gasteiger partial charge >= 0.3 is 0 Å². The van der Waals surface area contributed by atoms with Crippen LogP contribution in [0.2, 0.25) is 0 Å². The number of hydrogen-bond acceptors (Lipinski definition) is 6. The van der Waals surface area contributed by atoms with Crippen LogP contribution < -0.4 is 16.2 Å². The lowest BCUT2D eigenvalue weighted by Crippen LogP contribution is -2.24. The molecule has 3 N–H and O–H groups in total. The summed E-state index contributed by atoms with van der Waals surface area (Å²) < 4.78 is 0. The minimum Gasteiger partial charge on any atom is -0.352 e. The van der Waals surface area contributed by atoms with Gasteiger partial charge in [0.15, 0.2) is 0 Å². The van der Waals surface area contributed by atoms with Gasteiger partial charge in [-0.2, -0.15) is 0 Å². The Morgan fingerprint density at radius 3 is 2.52 bits per heavy atom. The van der Waals surface area contributed by atoms with Crippen LogP contribution >= 0.6 is 0 Å². The summed E-state index contributed by atoms with van der Waals surface area (Å²) in [5.74, 6) is 8.06. The summed E-state index contributed by atoms with van der Waals surface area (Å²) in [6, 6.07) is 5.89. The van der Waals surface area contributed by atoms with E-state index in [0.29, 0.717) is 5.82 Å². The first-order valence-corrected chi connectivity index (χ1v) is 7.13. The monoisotopic (exact) mass is 286 g/mol. The van der Waals surface area contributed by atoms with Crippen molar-refractivity contribution in [1.29, 1.82) is 0 Å². The van der Waals surface area contributed by atoms with Gasteiger partial charge in [-0.15, -0.1) is 0 Å². The van der Waals surface area contributed by atoms with E-state index >= 15 is 0 Å². The van der Waals surface area contributed by atoms with Gasteiger partial charge in [-0.25, -0.2) is 15.8 Å². The van der Waals surface area contributed by atoms with Crippen LogP contribution in [0, 0.1) is 0 Å². The zero-order valence-corrected chi connectivity index (χ0v) is 12.7. The normalized spacial score (nSPS) is 10.7. The Balaban J connectivity index is 2.30. The lowest BCUT2D eigenvalue weighted by Gasteiger charge is -2.23. The highest BCUT2D eigenvalue weighted by Gasteiger charge is 2.12. The van der Waals surface area contributed by atoms with Crippen molar-refractivity contribution < 1.29 is 0 Å². The first-order chi connectivity index (χ1) is 10.1. The number of anilines is 2. The molecule has 2 heterocycles. The Labute approximate surface area is 125 Å². The third-order valence-electron chi connectivity index (χ3n) is 3.22. The van der Waals surface area contributed by atoms with Gasteiger partial charge in [0.2, 0.25) is 0 Å². The highest BCUT2D eigenvalue weighted by Crippen LogP contribution is 2.21. The minimum absolute atomic E-state index is 0.247. The lowest BCUT2D eigenvalue weighted by molar-refractivity contribution is 0.748. The van der Waals surface area contributed by atoms with Crippen molar-refractivity contribution in [2.45, 2.75) is 33.2 Å². The van der Waals surface area contributed by atoms with E-state index in [1.54, 1.807) is 12.4 Å². The predicted molar refractivity (Wildman–Crippen MR) is 84.9 cm³/mol. The third kappa shape index (κ3) is 3.88. The maximum Gasteiger partial charge on any atom is 0.145 e. The van der Waals surface area contributed by atoms with Gasteiger partial charge in [-0.1, -0.05) is 13.8 Å². The van der Waals surface area contributed by atoms with E-state index in [2.05, 4.69) is 46.0 Å². The first-order valence-electron chi connectivity index (χ1n) is 7.13. The Bertz CT molecular complexity index is 570. The number of nitrogens with two attached hydrogens (primary N) is 1. The highest BCUT2D eigenvalue weighted by molar-refractivity contribution is 5.49. The van der Waals surface area contributed by atoms with Gasteiger partial charge in [-0.05, 0) is 24.6 Å². The number of aromatic nitrogens is 3. The van der Waals surface area contributed by atoms with Gasteiger partial charge in [0, 0.05) is 37.5 Å². The number of hydrogen-bond donors (Lipinski definition) is 2. The molecule has 0 bridgehead atoms.